The summed E-state index contributed by atoms with van der Waals surface area (Å²) in [7, 11) is 0. The maximum Gasteiger partial charge on any atom is 0.343 e. The second-order valence-electron chi connectivity index (χ2n) is 4.19. The van der Waals surface area contributed by atoms with Crippen molar-refractivity contribution in [3.63, 3.8) is 0 Å². The molecule has 88 valence electrons. The van der Waals surface area contributed by atoms with E-state index in [0.717, 1.165) is 0 Å². The summed E-state index contributed by atoms with van der Waals surface area (Å²) < 4.78 is 4.86. The van der Waals surface area contributed by atoms with Crippen molar-refractivity contribution >= 4 is 23.4 Å². The summed E-state index contributed by atoms with van der Waals surface area (Å²) in [6, 6.07) is 0. The lowest BCUT2D eigenvalue weighted by Crippen LogP contribution is -2.36. The van der Waals surface area contributed by atoms with Crippen LogP contribution >= 0.6 is 11.6 Å². The predicted molar refractivity (Wildman–Crippen MR) is 56.8 cm³/mol. The van der Waals surface area contributed by atoms with Crippen LogP contribution < -0.4 is 0 Å². The number of hydrogen-bond acceptors (Lipinski definition) is 4. The van der Waals surface area contributed by atoms with Gasteiger partial charge < -0.3 is 9.84 Å². The molecule has 4 nitrogen and oxygen atoms in total. The quantitative estimate of drug-likeness (QED) is 0.444. The van der Waals surface area contributed by atoms with Crippen LogP contribution in [0.15, 0.2) is 0 Å². The highest BCUT2D eigenvalue weighted by molar-refractivity contribution is 6.18. The zero-order valence-electron chi connectivity index (χ0n) is 9.25. The summed E-state index contributed by atoms with van der Waals surface area (Å²) >= 11 is 5.39. The van der Waals surface area contributed by atoms with E-state index >= 15 is 0 Å². The van der Waals surface area contributed by atoms with Crippen molar-refractivity contribution in [2.24, 2.45) is 0 Å². The third-order valence-electron chi connectivity index (χ3n) is 1.49. The van der Waals surface area contributed by atoms with E-state index in [1.807, 2.05) is 0 Å². The standard InChI is InChI=1S/C10H17ClO4/c1-10(2,3)15-9(14)8(13)7(12)5-4-6-11/h8,13H,4-6H2,1-3H3/t8-/m0/s1. The molecule has 15 heavy (non-hydrogen) atoms. The molecular formula is C10H17ClO4. The van der Waals surface area contributed by atoms with Gasteiger partial charge in [0.25, 0.3) is 0 Å². The summed E-state index contributed by atoms with van der Waals surface area (Å²) in [6.45, 7) is 5.00. The van der Waals surface area contributed by atoms with Gasteiger partial charge in [0.05, 0.1) is 0 Å². The van der Waals surface area contributed by atoms with Crippen LogP contribution in [0.25, 0.3) is 0 Å². The van der Waals surface area contributed by atoms with Gasteiger partial charge in [-0.05, 0) is 27.2 Å². The van der Waals surface area contributed by atoms with Crippen molar-refractivity contribution in [3.05, 3.63) is 0 Å². The molecule has 0 rings (SSSR count). The van der Waals surface area contributed by atoms with Crippen LogP contribution in [0.3, 0.4) is 0 Å². The molecule has 0 radical (unpaired) electrons. The molecule has 0 aromatic carbocycles. The van der Waals surface area contributed by atoms with Crippen LogP contribution in [0.5, 0.6) is 0 Å². The zero-order valence-corrected chi connectivity index (χ0v) is 10.0. The number of esters is 1. The Kier molecular flexibility index (Phi) is 5.83. The Labute approximate surface area is 94.6 Å². The Morgan fingerprint density at radius 3 is 2.33 bits per heavy atom. The molecule has 1 N–H and O–H groups in total. The second kappa shape index (κ2) is 6.08. The Balaban J connectivity index is 4.14. The van der Waals surface area contributed by atoms with Gasteiger partial charge in [0.15, 0.2) is 5.78 Å². The predicted octanol–water partition coefficient (Wildman–Crippen LogP) is 1.28. The average molecular weight is 237 g/mol. The third kappa shape index (κ3) is 6.47. The number of rotatable bonds is 5. The molecule has 0 aromatic rings. The van der Waals surface area contributed by atoms with Crippen molar-refractivity contribution < 1.29 is 19.4 Å². The molecule has 0 aliphatic carbocycles. The second-order valence-corrected chi connectivity index (χ2v) is 4.57. The maximum atomic E-state index is 11.2. The topological polar surface area (TPSA) is 63.6 Å². The summed E-state index contributed by atoms with van der Waals surface area (Å²) in [5, 5.41) is 9.31. The van der Waals surface area contributed by atoms with Crippen molar-refractivity contribution in [2.75, 3.05) is 5.88 Å². The lowest BCUT2D eigenvalue weighted by atomic mass is 10.1. The van der Waals surface area contributed by atoms with Gasteiger partial charge in [-0.2, -0.15) is 0 Å². The average Bonchev–Trinajstić information content (AvgIpc) is 2.10. The van der Waals surface area contributed by atoms with E-state index in [2.05, 4.69) is 0 Å². The molecule has 0 aliphatic heterocycles. The minimum Gasteiger partial charge on any atom is -0.458 e. The van der Waals surface area contributed by atoms with Crippen LogP contribution in [0.4, 0.5) is 0 Å². The number of halogens is 1. The normalized spacial score (nSPS) is 13.4. The van der Waals surface area contributed by atoms with Crippen molar-refractivity contribution in [1.82, 2.24) is 0 Å². The maximum absolute atomic E-state index is 11.2. The fourth-order valence-corrected chi connectivity index (χ4v) is 1.00. The van der Waals surface area contributed by atoms with Gasteiger partial charge in [-0.15, -0.1) is 11.6 Å². The lowest BCUT2D eigenvalue weighted by molar-refractivity contribution is -0.167. The Morgan fingerprint density at radius 1 is 1.40 bits per heavy atom. The third-order valence-corrected chi connectivity index (χ3v) is 1.76. The molecule has 0 spiro atoms. The Morgan fingerprint density at radius 2 is 1.93 bits per heavy atom. The number of hydrogen-bond donors (Lipinski definition) is 1. The summed E-state index contributed by atoms with van der Waals surface area (Å²) in [6.07, 6.45) is -1.16. The first-order chi connectivity index (χ1) is 6.78. The van der Waals surface area contributed by atoms with E-state index in [0.29, 0.717) is 12.3 Å². The minimum absolute atomic E-state index is 0.0872. The number of aliphatic hydroxyl groups excluding tert-OH is 1. The molecule has 0 aromatic heterocycles. The summed E-state index contributed by atoms with van der Waals surface area (Å²) in [5.74, 6) is -1.13. The summed E-state index contributed by atoms with van der Waals surface area (Å²) in [5.41, 5.74) is -0.704. The lowest BCUT2D eigenvalue weighted by Gasteiger charge is -2.21. The zero-order chi connectivity index (χ0) is 12.1. The van der Waals surface area contributed by atoms with Crippen molar-refractivity contribution in [2.45, 2.75) is 45.3 Å². The van der Waals surface area contributed by atoms with Gasteiger partial charge in [0.1, 0.15) is 5.60 Å². The van der Waals surface area contributed by atoms with E-state index in [4.69, 9.17) is 16.3 Å². The molecule has 0 bridgehead atoms. The molecule has 5 heteroatoms. The first-order valence-electron chi connectivity index (χ1n) is 4.77. The van der Waals surface area contributed by atoms with Crippen LogP contribution in [-0.2, 0) is 14.3 Å². The molecule has 0 amide bonds. The number of carbonyl (C=O) groups is 2. The Bertz CT molecular complexity index is 232. The van der Waals surface area contributed by atoms with Crippen LogP contribution in [-0.4, -0.2) is 34.4 Å². The molecule has 0 fully saturated rings. The number of alkyl halides is 1. The smallest absolute Gasteiger partial charge is 0.343 e. The van der Waals surface area contributed by atoms with Crippen LogP contribution in [0, 0.1) is 0 Å². The van der Waals surface area contributed by atoms with Gasteiger partial charge in [-0.25, -0.2) is 4.79 Å². The van der Waals surface area contributed by atoms with Gasteiger partial charge in [-0.1, -0.05) is 0 Å². The van der Waals surface area contributed by atoms with Crippen molar-refractivity contribution in [3.8, 4) is 0 Å². The molecule has 0 aliphatic rings. The molecule has 0 saturated carbocycles. The van der Waals surface area contributed by atoms with E-state index in [1.54, 1.807) is 20.8 Å². The fourth-order valence-electron chi connectivity index (χ4n) is 0.867. The van der Waals surface area contributed by atoms with Crippen LogP contribution in [0.2, 0.25) is 0 Å². The highest BCUT2D eigenvalue weighted by Crippen LogP contribution is 2.09. The highest BCUT2D eigenvalue weighted by Gasteiger charge is 2.28. The summed E-state index contributed by atoms with van der Waals surface area (Å²) in [4.78, 5) is 22.5. The number of carbonyl (C=O) groups excluding carboxylic acids is 2. The molecular weight excluding hydrogens is 220 g/mol. The fraction of sp³-hybridized carbons (Fsp3) is 0.800. The minimum atomic E-state index is -1.69. The van der Waals surface area contributed by atoms with E-state index < -0.39 is 23.5 Å². The monoisotopic (exact) mass is 236 g/mol. The molecule has 0 unspecified atom stereocenters. The van der Waals surface area contributed by atoms with Gasteiger partial charge >= 0.3 is 5.97 Å². The van der Waals surface area contributed by atoms with Gasteiger partial charge in [0.2, 0.25) is 6.10 Å². The van der Waals surface area contributed by atoms with E-state index in [1.165, 1.54) is 0 Å². The first kappa shape index (κ1) is 14.4. The number of ketones is 1. The highest BCUT2D eigenvalue weighted by atomic mass is 35.5. The van der Waals surface area contributed by atoms with E-state index in [9.17, 15) is 14.7 Å². The van der Waals surface area contributed by atoms with Gasteiger partial charge in [-0.3, -0.25) is 4.79 Å². The Hall–Kier alpha value is -0.610. The number of Topliss-reactive ketones (excluding diaryl/α,β-unsaturated/α-hetero) is 1. The number of aliphatic hydroxyl groups is 1. The van der Waals surface area contributed by atoms with Gasteiger partial charge in [0, 0.05) is 12.3 Å². The molecule has 0 saturated heterocycles. The van der Waals surface area contributed by atoms with Crippen LogP contribution in [0.1, 0.15) is 33.6 Å². The van der Waals surface area contributed by atoms with Crippen molar-refractivity contribution in [1.29, 1.82) is 0 Å². The molecule has 1 atom stereocenters. The van der Waals surface area contributed by atoms with E-state index in [-0.39, 0.29) is 6.42 Å². The molecule has 0 heterocycles. The first-order valence-corrected chi connectivity index (χ1v) is 5.31. The largest absolute Gasteiger partial charge is 0.458 e. The SMILES string of the molecule is CC(C)(C)OC(=O)[C@@H](O)C(=O)CCCCl. The number of ether oxygens (including phenoxy) is 1.